The molecule has 0 radical (unpaired) electrons. The van der Waals surface area contributed by atoms with Crippen molar-refractivity contribution in [3.63, 3.8) is 0 Å². The number of hydrazone groups is 1. The maximum absolute atomic E-state index is 12.2. The van der Waals surface area contributed by atoms with E-state index in [2.05, 4.69) is 37.1 Å². The van der Waals surface area contributed by atoms with Gasteiger partial charge in [-0.25, -0.2) is 5.43 Å². The molecule has 1 saturated carbocycles. The Balaban J connectivity index is 1.86. The Labute approximate surface area is 137 Å². The van der Waals surface area contributed by atoms with Crippen LogP contribution in [-0.4, -0.2) is 16.7 Å². The third-order valence-corrected chi connectivity index (χ3v) is 5.69. The Hall–Kier alpha value is -1.62. The number of hydrogen-bond acceptors (Lipinski definition) is 2. The molecule has 2 heterocycles. The normalized spacial score (nSPS) is 18.5. The van der Waals surface area contributed by atoms with Crippen molar-refractivity contribution < 1.29 is 4.79 Å². The predicted molar refractivity (Wildman–Crippen MR) is 91.3 cm³/mol. The van der Waals surface area contributed by atoms with E-state index in [9.17, 15) is 4.79 Å². The van der Waals surface area contributed by atoms with Crippen LogP contribution in [0.2, 0.25) is 0 Å². The van der Waals surface area contributed by atoms with E-state index in [1.54, 1.807) is 6.21 Å². The third kappa shape index (κ3) is 2.19. The van der Waals surface area contributed by atoms with Crippen molar-refractivity contribution in [1.29, 1.82) is 0 Å². The van der Waals surface area contributed by atoms with Crippen LogP contribution in [0.15, 0.2) is 27.9 Å². The zero-order valence-electron chi connectivity index (χ0n) is 12.3. The van der Waals surface area contributed by atoms with Gasteiger partial charge >= 0.3 is 0 Å². The number of carbonyl (C=O) groups excluding carboxylic acids is 1. The molecule has 1 amide bonds. The highest BCUT2D eigenvalue weighted by Gasteiger charge is 2.24. The van der Waals surface area contributed by atoms with Crippen molar-refractivity contribution in [2.24, 2.45) is 11.0 Å². The number of amides is 1. The molecule has 2 aromatic rings. The summed E-state index contributed by atoms with van der Waals surface area (Å²) < 4.78 is 3.34. The second-order valence-corrected chi connectivity index (χ2v) is 6.97. The van der Waals surface area contributed by atoms with Gasteiger partial charge in [-0.05, 0) is 46.8 Å². The lowest BCUT2D eigenvalue weighted by molar-refractivity contribution is 0.0957. The molecule has 2 aliphatic rings. The summed E-state index contributed by atoms with van der Waals surface area (Å²) in [5.74, 6) is 0.591. The van der Waals surface area contributed by atoms with Crippen molar-refractivity contribution in [2.75, 3.05) is 0 Å². The lowest BCUT2D eigenvalue weighted by atomic mass is 9.89. The van der Waals surface area contributed by atoms with Gasteiger partial charge in [0.15, 0.2) is 0 Å². The summed E-state index contributed by atoms with van der Waals surface area (Å²) in [5.41, 5.74) is 5.39. The van der Waals surface area contributed by atoms with Crippen molar-refractivity contribution in [3.8, 4) is 0 Å². The molecule has 1 N–H and O–H groups in total. The SMILES string of the molecule is O=C1NN=Cc2c(Br)n(CC3CCCCC3)c3cccc1c23. The number of nitrogens with zero attached hydrogens (tertiary/aromatic N) is 2. The van der Waals surface area contributed by atoms with E-state index >= 15 is 0 Å². The Kier molecular flexibility index (Phi) is 3.53. The average molecular weight is 360 g/mol. The number of benzene rings is 1. The lowest BCUT2D eigenvalue weighted by Crippen LogP contribution is -2.17. The molecule has 114 valence electrons. The molecule has 22 heavy (non-hydrogen) atoms. The number of rotatable bonds is 2. The fraction of sp³-hybridized carbons (Fsp3) is 0.412. The molecule has 0 saturated heterocycles. The van der Waals surface area contributed by atoms with Crippen LogP contribution in [0.3, 0.4) is 0 Å². The summed E-state index contributed by atoms with van der Waals surface area (Å²) in [4.78, 5) is 12.2. The maximum Gasteiger partial charge on any atom is 0.272 e. The van der Waals surface area contributed by atoms with Crippen LogP contribution in [0, 0.1) is 5.92 Å². The van der Waals surface area contributed by atoms with Crippen molar-refractivity contribution in [1.82, 2.24) is 9.99 Å². The molecule has 5 heteroatoms. The summed E-state index contributed by atoms with van der Waals surface area (Å²) in [6.45, 7) is 1.01. The summed E-state index contributed by atoms with van der Waals surface area (Å²) in [7, 11) is 0. The van der Waals surface area contributed by atoms with Crippen LogP contribution in [0.25, 0.3) is 10.9 Å². The standard InChI is InChI=1S/C17H18BrN3O/c18-16-13-9-19-20-17(22)12-7-4-8-14(15(12)13)21(16)10-11-5-2-1-3-6-11/h4,7-9,11H,1-3,5-6,10H2,(H,20,22). The van der Waals surface area contributed by atoms with Crippen LogP contribution in [0.5, 0.6) is 0 Å². The number of nitrogens with one attached hydrogen (secondary N) is 1. The minimum Gasteiger partial charge on any atom is -0.334 e. The van der Waals surface area contributed by atoms with Crippen LogP contribution < -0.4 is 5.43 Å². The first-order chi connectivity index (χ1) is 10.8. The van der Waals surface area contributed by atoms with Gasteiger partial charge in [0.05, 0.1) is 21.9 Å². The van der Waals surface area contributed by atoms with Gasteiger partial charge in [-0.3, -0.25) is 4.79 Å². The smallest absolute Gasteiger partial charge is 0.272 e. The highest BCUT2D eigenvalue weighted by Crippen LogP contribution is 2.35. The maximum atomic E-state index is 12.2. The molecule has 1 fully saturated rings. The second-order valence-electron chi connectivity index (χ2n) is 6.22. The van der Waals surface area contributed by atoms with E-state index in [1.165, 1.54) is 32.1 Å². The fourth-order valence-corrected chi connectivity index (χ4v) is 4.37. The van der Waals surface area contributed by atoms with E-state index < -0.39 is 0 Å². The van der Waals surface area contributed by atoms with Gasteiger partial charge in [-0.15, -0.1) is 0 Å². The zero-order valence-corrected chi connectivity index (χ0v) is 13.9. The molecular formula is C17H18BrN3O. The van der Waals surface area contributed by atoms with E-state index in [0.717, 1.165) is 33.5 Å². The van der Waals surface area contributed by atoms with Gasteiger partial charge in [0.1, 0.15) is 0 Å². The molecule has 1 aliphatic carbocycles. The monoisotopic (exact) mass is 359 g/mol. The largest absolute Gasteiger partial charge is 0.334 e. The Bertz CT molecular complexity index is 772. The summed E-state index contributed by atoms with van der Waals surface area (Å²) in [6, 6.07) is 5.92. The van der Waals surface area contributed by atoms with Crippen molar-refractivity contribution in [2.45, 2.75) is 38.6 Å². The Morgan fingerprint density at radius 1 is 1.27 bits per heavy atom. The number of carbonyl (C=O) groups is 1. The van der Waals surface area contributed by atoms with E-state index in [0.29, 0.717) is 5.56 Å². The van der Waals surface area contributed by atoms with Gasteiger partial charge < -0.3 is 4.57 Å². The quantitative estimate of drug-likeness (QED) is 0.863. The van der Waals surface area contributed by atoms with Crippen molar-refractivity contribution >= 4 is 39.0 Å². The van der Waals surface area contributed by atoms with E-state index in [4.69, 9.17) is 0 Å². The minimum atomic E-state index is -0.136. The first-order valence-corrected chi connectivity index (χ1v) is 8.69. The molecule has 1 aliphatic heterocycles. The zero-order chi connectivity index (χ0) is 15.1. The van der Waals surface area contributed by atoms with Gasteiger partial charge in [0.2, 0.25) is 0 Å². The van der Waals surface area contributed by atoms with Crippen LogP contribution >= 0.6 is 15.9 Å². The summed E-state index contributed by atoms with van der Waals surface area (Å²) >= 11 is 3.74. The van der Waals surface area contributed by atoms with Gasteiger partial charge in [0.25, 0.3) is 5.91 Å². The van der Waals surface area contributed by atoms with Gasteiger partial charge in [0, 0.05) is 17.5 Å². The average Bonchev–Trinajstić information content (AvgIpc) is 2.70. The van der Waals surface area contributed by atoms with Crippen LogP contribution in [-0.2, 0) is 6.54 Å². The molecule has 0 bridgehead atoms. The van der Waals surface area contributed by atoms with Gasteiger partial charge in [-0.2, -0.15) is 5.10 Å². The fourth-order valence-electron chi connectivity index (χ4n) is 3.73. The number of halogens is 1. The lowest BCUT2D eigenvalue weighted by Gasteiger charge is -2.23. The molecule has 4 nitrogen and oxygen atoms in total. The molecule has 0 unspecified atom stereocenters. The molecular weight excluding hydrogens is 342 g/mol. The summed E-state index contributed by atoms with van der Waals surface area (Å²) in [5, 5.41) is 5.05. The third-order valence-electron chi connectivity index (χ3n) is 4.83. The topological polar surface area (TPSA) is 46.4 Å². The molecule has 1 aromatic carbocycles. The van der Waals surface area contributed by atoms with Gasteiger partial charge in [-0.1, -0.05) is 25.3 Å². The molecule has 0 atom stereocenters. The Morgan fingerprint density at radius 2 is 2.09 bits per heavy atom. The van der Waals surface area contributed by atoms with E-state index in [1.807, 2.05) is 12.1 Å². The number of hydrogen-bond donors (Lipinski definition) is 1. The first-order valence-electron chi connectivity index (χ1n) is 7.90. The number of aromatic nitrogens is 1. The molecule has 0 spiro atoms. The second kappa shape index (κ2) is 5.54. The van der Waals surface area contributed by atoms with Crippen LogP contribution in [0.4, 0.5) is 0 Å². The van der Waals surface area contributed by atoms with Crippen molar-refractivity contribution in [3.05, 3.63) is 33.9 Å². The Morgan fingerprint density at radius 3 is 2.91 bits per heavy atom. The first kappa shape index (κ1) is 14.0. The highest BCUT2D eigenvalue weighted by atomic mass is 79.9. The van der Waals surface area contributed by atoms with E-state index in [-0.39, 0.29) is 5.91 Å². The minimum absolute atomic E-state index is 0.136. The summed E-state index contributed by atoms with van der Waals surface area (Å²) in [6.07, 6.45) is 8.39. The molecule has 4 rings (SSSR count). The predicted octanol–water partition coefficient (Wildman–Crippen LogP) is 4.06. The highest BCUT2D eigenvalue weighted by molar-refractivity contribution is 9.10. The molecule has 1 aromatic heterocycles. The van der Waals surface area contributed by atoms with Crippen LogP contribution in [0.1, 0.15) is 48.0 Å².